The van der Waals surface area contributed by atoms with Crippen LogP contribution >= 0.6 is 12.4 Å². The van der Waals surface area contributed by atoms with Gasteiger partial charge in [0.15, 0.2) is 0 Å². The van der Waals surface area contributed by atoms with Gasteiger partial charge in [-0.25, -0.2) is 4.98 Å². The lowest BCUT2D eigenvalue weighted by Gasteiger charge is -2.05. The summed E-state index contributed by atoms with van der Waals surface area (Å²) in [5.41, 5.74) is 1.06. The van der Waals surface area contributed by atoms with Gasteiger partial charge in [-0.3, -0.25) is 10.1 Å². The van der Waals surface area contributed by atoms with Gasteiger partial charge < -0.3 is 9.88 Å². The third-order valence-corrected chi connectivity index (χ3v) is 2.78. The van der Waals surface area contributed by atoms with E-state index in [9.17, 15) is 10.1 Å². The van der Waals surface area contributed by atoms with E-state index in [-0.39, 0.29) is 23.0 Å². The Morgan fingerprint density at radius 2 is 2.25 bits per heavy atom. The first-order valence-electron chi connectivity index (χ1n) is 6.15. The summed E-state index contributed by atoms with van der Waals surface area (Å²) in [4.78, 5) is 14.2. The highest BCUT2D eigenvalue weighted by Gasteiger charge is 2.04. The Balaban J connectivity index is 0.00000200. The predicted molar refractivity (Wildman–Crippen MR) is 78.9 cm³/mol. The quantitative estimate of drug-likeness (QED) is 0.484. The van der Waals surface area contributed by atoms with Gasteiger partial charge in [-0.1, -0.05) is 12.1 Å². The molecule has 1 heterocycles. The van der Waals surface area contributed by atoms with E-state index < -0.39 is 0 Å². The first kappa shape index (κ1) is 16.1. The van der Waals surface area contributed by atoms with Crippen molar-refractivity contribution in [3.63, 3.8) is 0 Å². The smallest absolute Gasteiger partial charge is 0.269 e. The molecule has 7 heteroatoms. The monoisotopic (exact) mass is 296 g/mol. The molecule has 6 nitrogen and oxygen atoms in total. The van der Waals surface area contributed by atoms with Crippen molar-refractivity contribution in [3.05, 3.63) is 58.7 Å². The number of aryl methyl sites for hydroxylation is 1. The van der Waals surface area contributed by atoms with Crippen LogP contribution in [0.15, 0.2) is 43.0 Å². The number of nitrogens with zero attached hydrogens (tertiary/aromatic N) is 3. The fourth-order valence-corrected chi connectivity index (χ4v) is 1.82. The van der Waals surface area contributed by atoms with Crippen LogP contribution in [0.4, 0.5) is 5.69 Å². The number of nitrogens with one attached hydrogen (secondary N) is 1. The van der Waals surface area contributed by atoms with Crippen molar-refractivity contribution >= 4 is 18.1 Å². The lowest BCUT2D eigenvalue weighted by molar-refractivity contribution is -0.384. The van der Waals surface area contributed by atoms with Gasteiger partial charge in [0.1, 0.15) is 0 Å². The minimum atomic E-state index is -0.372. The molecule has 0 atom stereocenters. The second kappa shape index (κ2) is 8.29. The van der Waals surface area contributed by atoms with E-state index in [1.54, 1.807) is 24.7 Å². The maximum Gasteiger partial charge on any atom is 0.269 e. The Hall–Kier alpha value is -1.92. The molecular weight excluding hydrogens is 280 g/mol. The molecule has 0 saturated carbocycles. The van der Waals surface area contributed by atoms with Crippen molar-refractivity contribution in [2.45, 2.75) is 19.5 Å². The number of halogens is 1. The van der Waals surface area contributed by atoms with Crippen LogP contribution in [0.25, 0.3) is 0 Å². The third-order valence-electron chi connectivity index (χ3n) is 2.78. The van der Waals surface area contributed by atoms with E-state index in [0.717, 1.165) is 25.1 Å². The normalized spacial score (nSPS) is 10.0. The topological polar surface area (TPSA) is 73.0 Å². The zero-order valence-corrected chi connectivity index (χ0v) is 11.8. The molecule has 20 heavy (non-hydrogen) atoms. The molecule has 1 aromatic carbocycles. The molecule has 2 rings (SSSR count). The van der Waals surface area contributed by atoms with Gasteiger partial charge in [-0.15, -0.1) is 12.4 Å². The minimum absolute atomic E-state index is 0. The molecule has 0 aliphatic rings. The molecule has 0 unspecified atom stereocenters. The number of nitro groups is 1. The molecule has 0 spiro atoms. The molecule has 1 N–H and O–H groups in total. The van der Waals surface area contributed by atoms with E-state index >= 15 is 0 Å². The number of hydrogen-bond acceptors (Lipinski definition) is 4. The Bertz CT molecular complexity index is 531. The SMILES string of the molecule is Cl.O=[N+]([O-])c1cccc(CNCCCn2ccnc2)c1. The van der Waals surface area contributed by atoms with E-state index in [1.165, 1.54) is 6.07 Å². The second-order valence-electron chi connectivity index (χ2n) is 4.26. The average Bonchev–Trinajstić information content (AvgIpc) is 2.92. The van der Waals surface area contributed by atoms with Crippen LogP contribution in [-0.2, 0) is 13.1 Å². The average molecular weight is 297 g/mol. The maximum absolute atomic E-state index is 10.6. The van der Waals surface area contributed by atoms with Crippen molar-refractivity contribution in [3.8, 4) is 0 Å². The summed E-state index contributed by atoms with van der Waals surface area (Å²) in [5.74, 6) is 0. The Morgan fingerprint density at radius 1 is 1.40 bits per heavy atom. The lowest BCUT2D eigenvalue weighted by atomic mass is 10.2. The zero-order chi connectivity index (χ0) is 13.5. The Morgan fingerprint density at radius 3 is 2.95 bits per heavy atom. The molecule has 0 bridgehead atoms. The Labute approximate surface area is 123 Å². The van der Waals surface area contributed by atoms with Crippen LogP contribution in [-0.4, -0.2) is 21.0 Å². The number of rotatable bonds is 7. The molecule has 2 aromatic rings. The minimum Gasteiger partial charge on any atom is -0.337 e. The number of nitro benzene ring substituents is 1. The number of hydrogen-bond donors (Lipinski definition) is 1. The number of benzene rings is 1. The number of aromatic nitrogens is 2. The predicted octanol–water partition coefficient (Wildman–Crippen LogP) is 2.39. The van der Waals surface area contributed by atoms with Crippen molar-refractivity contribution < 1.29 is 4.92 Å². The van der Waals surface area contributed by atoms with Crippen LogP contribution in [0.5, 0.6) is 0 Å². The second-order valence-corrected chi connectivity index (χ2v) is 4.26. The maximum atomic E-state index is 10.6. The van der Waals surface area contributed by atoms with E-state index in [2.05, 4.69) is 10.3 Å². The summed E-state index contributed by atoms with van der Waals surface area (Å²) in [5, 5.41) is 13.9. The summed E-state index contributed by atoms with van der Waals surface area (Å²) in [6.07, 6.45) is 6.48. The highest BCUT2D eigenvalue weighted by molar-refractivity contribution is 5.85. The van der Waals surface area contributed by atoms with Gasteiger partial charge >= 0.3 is 0 Å². The molecule has 0 amide bonds. The zero-order valence-electron chi connectivity index (χ0n) is 10.9. The van der Waals surface area contributed by atoms with Crippen LogP contribution in [0.2, 0.25) is 0 Å². The fraction of sp³-hybridized carbons (Fsp3) is 0.308. The molecule has 108 valence electrons. The van der Waals surface area contributed by atoms with Crippen molar-refractivity contribution in [1.82, 2.24) is 14.9 Å². The van der Waals surface area contributed by atoms with Crippen LogP contribution in [0.1, 0.15) is 12.0 Å². The molecule has 0 aliphatic heterocycles. The fourth-order valence-electron chi connectivity index (χ4n) is 1.82. The lowest BCUT2D eigenvalue weighted by Crippen LogP contribution is -2.16. The summed E-state index contributed by atoms with van der Waals surface area (Å²) >= 11 is 0. The van der Waals surface area contributed by atoms with Gasteiger partial charge in [0.25, 0.3) is 5.69 Å². The van der Waals surface area contributed by atoms with E-state index in [1.807, 2.05) is 16.8 Å². The largest absolute Gasteiger partial charge is 0.337 e. The van der Waals surface area contributed by atoms with Crippen LogP contribution in [0.3, 0.4) is 0 Å². The van der Waals surface area contributed by atoms with Crippen molar-refractivity contribution in [1.29, 1.82) is 0 Å². The summed E-state index contributed by atoms with van der Waals surface area (Å²) in [6, 6.07) is 6.70. The molecule has 0 radical (unpaired) electrons. The highest BCUT2D eigenvalue weighted by atomic mass is 35.5. The van der Waals surface area contributed by atoms with Crippen LogP contribution < -0.4 is 5.32 Å². The summed E-state index contributed by atoms with van der Waals surface area (Å²) < 4.78 is 2.02. The standard InChI is InChI=1S/C13H16N4O2.ClH/c18-17(19)13-4-1-3-12(9-13)10-14-5-2-7-16-8-6-15-11-16;/h1,3-4,6,8-9,11,14H,2,5,7,10H2;1H. The molecule has 0 saturated heterocycles. The third kappa shape index (κ3) is 4.99. The van der Waals surface area contributed by atoms with Crippen molar-refractivity contribution in [2.24, 2.45) is 0 Å². The number of non-ortho nitro benzene ring substituents is 1. The van der Waals surface area contributed by atoms with Gasteiger partial charge in [-0.05, 0) is 18.5 Å². The molecule has 1 aromatic heterocycles. The highest BCUT2D eigenvalue weighted by Crippen LogP contribution is 2.12. The van der Waals surface area contributed by atoms with Crippen LogP contribution in [0, 0.1) is 10.1 Å². The van der Waals surface area contributed by atoms with E-state index in [0.29, 0.717) is 6.54 Å². The van der Waals surface area contributed by atoms with Gasteiger partial charge in [0, 0.05) is 37.6 Å². The van der Waals surface area contributed by atoms with E-state index in [4.69, 9.17) is 0 Å². The molecule has 0 aliphatic carbocycles. The van der Waals surface area contributed by atoms with Gasteiger partial charge in [0.05, 0.1) is 11.3 Å². The summed E-state index contributed by atoms with van der Waals surface area (Å²) in [7, 11) is 0. The first-order chi connectivity index (χ1) is 9.25. The number of imidazole rings is 1. The van der Waals surface area contributed by atoms with Crippen molar-refractivity contribution in [2.75, 3.05) is 6.54 Å². The van der Waals surface area contributed by atoms with Gasteiger partial charge in [-0.2, -0.15) is 0 Å². The molecular formula is C13H17ClN4O2. The molecule has 0 fully saturated rings. The Kier molecular flexibility index (Phi) is 6.69. The first-order valence-corrected chi connectivity index (χ1v) is 6.15. The summed E-state index contributed by atoms with van der Waals surface area (Å²) in [6.45, 7) is 2.43. The van der Waals surface area contributed by atoms with Gasteiger partial charge in [0.2, 0.25) is 0 Å².